The SMILES string of the molecule is CCCCCCCCC(CCCCCC)COC(=O)C(CCSCCC(=O)OCC(CC)CCCC)C(=O)NCCCN1CCOCC1. The summed E-state index contributed by atoms with van der Waals surface area (Å²) in [4.78, 5) is 41.4. The van der Waals surface area contributed by atoms with Crippen molar-refractivity contribution in [1.29, 1.82) is 0 Å². The summed E-state index contributed by atoms with van der Waals surface area (Å²) in [6.07, 6.45) is 20.5. The van der Waals surface area contributed by atoms with E-state index in [2.05, 4.69) is 37.9 Å². The van der Waals surface area contributed by atoms with E-state index < -0.39 is 11.9 Å². The Morgan fingerprint density at radius 1 is 0.708 bits per heavy atom. The van der Waals surface area contributed by atoms with Crippen LogP contribution in [0.25, 0.3) is 0 Å². The summed E-state index contributed by atoms with van der Waals surface area (Å²) in [6.45, 7) is 14.5. The first-order chi connectivity index (χ1) is 23.4. The van der Waals surface area contributed by atoms with Gasteiger partial charge in [-0.3, -0.25) is 19.3 Å². The molecule has 1 fully saturated rings. The molecule has 3 unspecified atom stereocenters. The lowest BCUT2D eigenvalue weighted by molar-refractivity contribution is -0.154. The predicted octanol–water partition coefficient (Wildman–Crippen LogP) is 8.59. The third-order valence-corrected chi connectivity index (χ3v) is 10.6. The molecule has 1 aliphatic rings. The molecule has 3 atom stereocenters. The second kappa shape index (κ2) is 31.6. The van der Waals surface area contributed by atoms with Crippen LogP contribution in [0.3, 0.4) is 0 Å². The van der Waals surface area contributed by atoms with Gasteiger partial charge in [-0.15, -0.1) is 0 Å². The van der Waals surface area contributed by atoms with Crippen LogP contribution >= 0.6 is 11.8 Å². The molecule has 0 aromatic heterocycles. The largest absolute Gasteiger partial charge is 0.465 e. The molecule has 48 heavy (non-hydrogen) atoms. The van der Waals surface area contributed by atoms with E-state index in [1.165, 1.54) is 57.8 Å². The molecule has 0 aromatic rings. The van der Waals surface area contributed by atoms with Gasteiger partial charge in [0.15, 0.2) is 0 Å². The van der Waals surface area contributed by atoms with E-state index in [1.54, 1.807) is 11.8 Å². The molecule has 0 spiro atoms. The van der Waals surface area contributed by atoms with E-state index in [9.17, 15) is 14.4 Å². The Bertz CT molecular complexity index is 794. The van der Waals surface area contributed by atoms with Gasteiger partial charge in [-0.1, -0.05) is 111 Å². The number of ether oxygens (including phenoxy) is 3. The molecule has 1 N–H and O–H groups in total. The highest BCUT2D eigenvalue weighted by Gasteiger charge is 2.28. The van der Waals surface area contributed by atoms with Gasteiger partial charge in [-0.05, 0) is 56.2 Å². The van der Waals surface area contributed by atoms with Crippen molar-refractivity contribution in [2.45, 2.75) is 150 Å². The van der Waals surface area contributed by atoms with Gasteiger partial charge < -0.3 is 19.5 Å². The highest BCUT2D eigenvalue weighted by molar-refractivity contribution is 7.99. The topological polar surface area (TPSA) is 94.2 Å². The Hall–Kier alpha value is -1.32. The first kappa shape index (κ1) is 44.7. The molecule has 0 bridgehead atoms. The average Bonchev–Trinajstić information content (AvgIpc) is 3.10. The van der Waals surface area contributed by atoms with Crippen LogP contribution in [0.5, 0.6) is 0 Å². The molecule has 0 radical (unpaired) electrons. The minimum absolute atomic E-state index is 0.165. The Morgan fingerprint density at radius 3 is 1.98 bits per heavy atom. The number of carbonyl (C=O) groups is 3. The highest BCUT2D eigenvalue weighted by Crippen LogP contribution is 2.21. The minimum Gasteiger partial charge on any atom is -0.465 e. The van der Waals surface area contributed by atoms with Crippen molar-refractivity contribution in [3.05, 3.63) is 0 Å². The van der Waals surface area contributed by atoms with Gasteiger partial charge >= 0.3 is 11.9 Å². The van der Waals surface area contributed by atoms with Crippen LogP contribution in [0, 0.1) is 17.8 Å². The molecule has 1 saturated heterocycles. The van der Waals surface area contributed by atoms with Crippen molar-refractivity contribution in [3.63, 3.8) is 0 Å². The van der Waals surface area contributed by atoms with Gasteiger partial charge in [0.2, 0.25) is 5.91 Å². The normalized spacial score (nSPS) is 15.5. The van der Waals surface area contributed by atoms with E-state index in [0.29, 0.717) is 55.9 Å². The summed E-state index contributed by atoms with van der Waals surface area (Å²) < 4.78 is 16.9. The van der Waals surface area contributed by atoms with E-state index >= 15 is 0 Å². The van der Waals surface area contributed by atoms with Gasteiger partial charge in [0.25, 0.3) is 0 Å². The lowest BCUT2D eigenvalue weighted by Crippen LogP contribution is -2.40. The Morgan fingerprint density at radius 2 is 1.31 bits per heavy atom. The van der Waals surface area contributed by atoms with Crippen molar-refractivity contribution >= 4 is 29.6 Å². The summed E-state index contributed by atoms with van der Waals surface area (Å²) in [5, 5.41) is 3.02. The van der Waals surface area contributed by atoms with Crippen LogP contribution in [-0.4, -0.2) is 86.9 Å². The van der Waals surface area contributed by atoms with Crippen LogP contribution in [0.2, 0.25) is 0 Å². The summed E-state index contributed by atoms with van der Waals surface area (Å²) in [5.74, 6) is 0.376. The van der Waals surface area contributed by atoms with Crippen LogP contribution in [0.1, 0.15) is 150 Å². The van der Waals surface area contributed by atoms with Crippen LogP contribution in [0.4, 0.5) is 0 Å². The molecule has 1 rings (SSSR count). The standard InChI is InChI=1S/C39H74N2O6S/c1-5-9-12-14-15-17-21-35(20-16-13-10-6-2)33-47-39(44)36(38(43)40-24-18-25-41-26-28-45-29-27-41)22-30-48-31-23-37(42)46-32-34(8-4)19-11-7-3/h34-36H,5-33H2,1-4H3,(H,40,43). The van der Waals surface area contributed by atoms with Gasteiger partial charge in [-0.25, -0.2) is 0 Å². The monoisotopic (exact) mass is 699 g/mol. The van der Waals surface area contributed by atoms with Crippen molar-refractivity contribution in [1.82, 2.24) is 10.2 Å². The molecule has 1 heterocycles. The maximum atomic E-state index is 13.4. The Balaban J connectivity index is 2.62. The zero-order valence-electron chi connectivity index (χ0n) is 31.5. The average molecular weight is 699 g/mol. The fourth-order valence-corrected chi connectivity index (χ4v) is 7.06. The molecule has 1 aliphatic heterocycles. The quantitative estimate of drug-likeness (QED) is 0.0424. The van der Waals surface area contributed by atoms with E-state index in [0.717, 1.165) is 84.2 Å². The number of rotatable bonds is 32. The van der Waals surface area contributed by atoms with Crippen molar-refractivity contribution in [3.8, 4) is 0 Å². The smallest absolute Gasteiger partial charge is 0.318 e. The zero-order valence-corrected chi connectivity index (χ0v) is 32.4. The first-order valence-corrected chi connectivity index (χ1v) is 21.1. The number of morpholine rings is 1. The lowest BCUT2D eigenvalue weighted by atomic mass is 9.95. The molecule has 0 aliphatic carbocycles. The Labute approximate surface area is 299 Å². The molecule has 282 valence electrons. The van der Waals surface area contributed by atoms with Crippen LogP contribution in [0.15, 0.2) is 0 Å². The second-order valence-electron chi connectivity index (χ2n) is 13.8. The molecular formula is C39H74N2O6S. The second-order valence-corrected chi connectivity index (χ2v) is 15.0. The third-order valence-electron chi connectivity index (χ3n) is 9.57. The van der Waals surface area contributed by atoms with E-state index in [1.807, 2.05) is 0 Å². The number of thioether (sulfide) groups is 1. The number of hydrogen-bond acceptors (Lipinski definition) is 8. The highest BCUT2D eigenvalue weighted by atomic mass is 32.2. The summed E-state index contributed by atoms with van der Waals surface area (Å²) in [7, 11) is 0. The van der Waals surface area contributed by atoms with Crippen molar-refractivity contribution in [2.24, 2.45) is 17.8 Å². The zero-order chi connectivity index (χ0) is 35.1. The molecule has 9 heteroatoms. The molecule has 1 amide bonds. The molecular weight excluding hydrogens is 625 g/mol. The van der Waals surface area contributed by atoms with Crippen LogP contribution in [-0.2, 0) is 28.6 Å². The number of amides is 1. The number of esters is 2. The van der Waals surface area contributed by atoms with Crippen LogP contribution < -0.4 is 5.32 Å². The fourth-order valence-electron chi connectivity index (χ4n) is 6.14. The van der Waals surface area contributed by atoms with E-state index in [-0.39, 0.29) is 11.9 Å². The van der Waals surface area contributed by atoms with Gasteiger partial charge in [0, 0.05) is 25.4 Å². The molecule has 0 aromatic carbocycles. The molecule has 0 saturated carbocycles. The number of nitrogens with one attached hydrogen (secondary N) is 1. The third kappa shape index (κ3) is 23.9. The van der Waals surface area contributed by atoms with Gasteiger partial charge in [-0.2, -0.15) is 11.8 Å². The van der Waals surface area contributed by atoms with Crippen molar-refractivity contribution < 1.29 is 28.6 Å². The lowest BCUT2D eigenvalue weighted by Gasteiger charge is -2.26. The molecule has 8 nitrogen and oxygen atoms in total. The van der Waals surface area contributed by atoms with Crippen molar-refractivity contribution in [2.75, 3.05) is 64.1 Å². The number of hydrogen-bond donors (Lipinski definition) is 1. The summed E-state index contributed by atoms with van der Waals surface area (Å²) in [5.41, 5.74) is 0. The predicted molar refractivity (Wildman–Crippen MR) is 200 cm³/mol. The number of carbonyl (C=O) groups excluding carboxylic acids is 3. The number of unbranched alkanes of at least 4 members (excludes halogenated alkanes) is 9. The number of nitrogens with zero attached hydrogens (tertiary/aromatic N) is 1. The fraction of sp³-hybridized carbons (Fsp3) is 0.923. The Kier molecular flexibility index (Phi) is 29.5. The van der Waals surface area contributed by atoms with E-state index in [4.69, 9.17) is 14.2 Å². The first-order valence-electron chi connectivity index (χ1n) is 19.9. The van der Waals surface area contributed by atoms with Gasteiger partial charge in [0.1, 0.15) is 5.92 Å². The summed E-state index contributed by atoms with van der Waals surface area (Å²) >= 11 is 1.60. The maximum absolute atomic E-state index is 13.4. The summed E-state index contributed by atoms with van der Waals surface area (Å²) in [6, 6.07) is 0. The minimum atomic E-state index is -0.827. The maximum Gasteiger partial charge on any atom is 0.318 e. The van der Waals surface area contributed by atoms with Gasteiger partial charge in [0.05, 0.1) is 32.8 Å².